The number of amides is 1. The molecule has 3 aromatic rings. The van der Waals surface area contributed by atoms with E-state index in [2.05, 4.69) is 4.57 Å². The Labute approximate surface area is 130 Å². The van der Waals surface area contributed by atoms with Gasteiger partial charge in [0, 0.05) is 33.5 Å². The molecule has 0 saturated heterocycles. The molecule has 0 atom stereocenters. The molecule has 0 spiro atoms. The van der Waals surface area contributed by atoms with Crippen LogP contribution in [-0.2, 0) is 4.79 Å². The number of fused-ring (bicyclic) bond motifs is 3. The SMILES string of the molecule is CC(C)n1c2ccccc2c2cc(NC(=O)C(F)(F)F)ccc21. The Kier molecular flexibility index (Phi) is 3.55. The van der Waals surface area contributed by atoms with E-state index in [1.54, 1.807) is 12.1 Å². The summed E-state index contributed by atoms with van der Waals surface area (Å²) < 4.78 is 39.3. The van der Waals surface area contributed by atoms with Crippen molar-refractivity contribution in [3.63, 3.8) is 0 Å². The van der Waals surface area contributed by atoms with Gasteiger partial charge in [0.05, 0.1) is 0 Å². The Hall–Kier alpha value is -2.50. The van der Waals surface area contributed by atoms with E-state index < -0.39 is 12.1 Å². The molecule has 0 radical (unpaired) electrons. The first-order valence-electron chi connectivity index (χ1n) is 7.20. The highest BCUT2D eigenvalue weighted by molar-refractivity contribution is 6.10. The minimum Gasteiger partial charge on any atom is -0.338 e. The van der Waals surface area contributed by atoms with Crippen molar-refractivity contribution in [2.24, 2.45) is 0 Å². The quantitative estimate of drug-likeness (QED) is 0.717. The Morgan fingerprint density at radius 1 is 1.04 bits per heavy atom. The monoisotopic (exact) mass is 320 g/mol. The van der Waals surface area contributed by atoms with Crippen LogP contribution in [0.15, 0.2) is 42.5 Å². The lowest BCUT2D eigenvalue weighted by atomic mass is 10.1. The van der Waals surface area contributed by atoms with Crippen LogP contribution in [0.1, 0.15) is 19.9 Å². The van der Waals surface area contributed by atoms with E-state index in [1.807, 2.05) is 43.4 Å². The van der Waals surface area contributed by atoms with Gasteiger partial charge in [-0.25, -0.2) is 0 Å². The average Bonchev–Trinajstić information content (AvgIpc) is 2.80. The number of nitrogens with zero attached hydrogens (tertiary/aromatic N) is 1. The Bertz CT molecular complexity index is 894. The summed E-state index contributed by atoms with van der Waals surface area (Å²) in [7, 11) is 0. The van der Waals surface area contributed by atoms with Crippen molar-refractivity contribution in [2.45, 2.75) is 26.1 Å². The van der Waals surface area contributed by atoms with Crippen molar-refractivity contribution in [1.29, 1.82) is 0 Å². The fourth-order valence-electron chi connectivity index (χ4n) is 2.84. The van der Waals surface area contributed by atoms with Gasteiger partial charge in [0.15, 0.2) is 0 Å². The maximum atomic E-state index is 12.4. The first-order chi connectivity index (χ1) is 10.8. The van der Waals surface area contributed by atoms with Crippen LogP contribution in [0, 0.1) is 0 Å². The number of anilines is 1. The summed E-state index contributed by atoms with van der Waals surface area (Å²) in [5.41, 5.74) is 2.06. The van der Waals surface area contributed by atoms with Crippen LogP contribution < -0.4 is 5.32 Å². The topological polar surface area (TPSA) is 34.0 Å². The van der Waals surface area contributed by atoms with Gasteiger partial charge in [0.25, 0.3) is 0 Å². The maximum Gasteiger partial charge on any atom is 0.471 e. The number of carbonyl (C=O) groups is 1. The Balaban J connectivity index is 2.17. The normalized spacial score (nSPS) is 12.3. The molecule has 1 amide bonds. The number of aromatic nitrogens is 1. The summed E-state index contributed by atoms with van der Waals surface area (Å²) in [6.07, 6.45) is -4.90. The number of halogens is 3. The van der Waals surface area contributed by atoms with Crippen molar-refractivity contribution < 1.29 is 18.0 Å². The summed E-state index contributed by atoms with van der Waals surface area (Å²) >= 11 is 0. The van der Waals surface area contributed by atoms with Crippen LogP contribution in [-0.4, -0.2) is 16.7 Å². The Morgan fingerprint density at radius 3 is 2.35 bits per heavy atom. The molecule has 0 aliphatic carbocycles. The molecular formula is C17H15F3N2O. The minimum absolute atomic E-state index is 0.131. The summed E-state index contributed by atoms with van der Waals surface area (Å²) in [5.74, 6) is -1.97. The predicted octanol–water partition coefficient (Wildman–Crippen LogP) is 4.88. The van der Waals surface area contributed by atoms with Crippen LogP contribution in [0.4, 0.5) is 18.9 Å². The van der Waals surface area contributed by atoms with Crippen molar-refractivity contribution in [3.8, 4) is 0 Å². The molecule has 23 heavy (non-hydrogen) atoms. The fraction of sp³-hybridized carbons (Fsp3) is 0.235. The molecular weight excluding hydrogens is 305 g/mol. The van der Waals surface area contributed by atoms with Gasteiger partial charge < -0.3 is 9.88 Å². The van der Waals surface area contributed by atoms with Crippen LogP contribution in [0.2, 0.25) is 0 Å². The molecule has 0 aliphatic heterocycles. The van der Waals surface area contributed by atoms with Crippen LogP contribution in [0.3, 0.4) is 0 Å². The second-order valence-electron chi connectivity index (χ2n) is 5.66. The zero-order chi connectivity index (χ0) is 16.8. The Morgan fingerprint density at radius 2 is 1.70 bits per heavy atom. The van der Waals surface area contributed by atoms with Gasteiger partial charge in [-0.2, -0.15) is 13.2 Å². The number of hydrogen-bond acceptors (Lipinski definition) is 1. The molecule has 0 saturated carbocycles. The van der Waals surface area contributed by atoms with E-state index in [4.69, 9.17) is 0 Å². The summed E-state index contributed by atoms with van der Waals surface area (Å²) in [6.45, 7) is 4.09. The molecule has 1 heterocycles. The van der Waals surface area contributed by atoms with Gasteiger partial charge in [0.1, 0.15) is 0 Å². The third kappa shape index (κ3) is 2.65. The molecule has 1 N–H and O–H groups in total. The number of nitrogens with one attached hydrogen (secondary N) is 1. The molecule has 2 aromatic carbocycles. The van der Waals surface area contributed by atoms with Crippen molar-refractivity contribution in [3.05, 3.63) is 42.5 Å². The van der Waals surface area contributed by atoms with Gasteiger partial charge in [-0.15, -0.1) is 0 Å². The minimum atomic E-state index is -4.90. The fourth-order valence-corrected chi connectivity index (χ4v) is 2.84. The van der Waals surface area contributed by atoms with Gasteiger partial charge in [-0.1, -0.05) is 18.2 Å². The summed E-state index contributed by atoms with van der Waals surface area (Å²) in [4.78, 5) is 11.1. The van der Waals surface area contributed by atoms with E-state index in [0.717, 1.165) is 21.8 Å². The lowest BCUT2D eigenvalue weighted by molar-refractivity contribution is -0.167. The molecule has 6 heteroatoms. The van der Waals surface area contributed by atoms with Gasteiger partial charge in [-0.05, 0) is 38.1 Å². The van der Waals surface area contributed by atoms with Crippen LogP contribution >= 0.6 is 0 Å². The number of benzene rings is 2. The number of alkyl halides is 3. The number of hydrogen-bond donors (Lipinski definition) is 1. The molecule has 0 unspecified atom stereocenters. The van der Waals surface area contributed by atoms with Crippen molar-refractivity contribution >= 4 is 33.4 Å². The highest BCUT2D eigenvalue weighted by Crippen LogP contribution is 2.33. The lowest BCUT2D eigenvalue weighted by Crippen LogP contribution is -2.29. The lowest BCUT2D eigenvalue weighted by Gasteiger charge is -2.12. The molecule has 120 valence electrons. The second-order valence-corrected chi connectivity index (χ2v) is 5.66. The van der Waals surface area contributed by atoms with E-state index in [9.17, 15) is 18.0 Å². The summed E-state index contributed by atoms with van der Waals surface area (Å²) in [6, 6.07) is 12.7. The summed E-state index contributed by atoms with van der Waals surface area (Å²) in [5, 5.41) is 3.66. The molecule has 0 fully saturated rings. The third-order valence-electron chi connectivity index (χ3n) is 3.74. The van der Waals surface area contributed by atoms with Gasteiger partial charge in [-0.3, -0.25) is 4.79 Å². The number of rotatable bonds is 2. The molecule has 3 nitrogen and oxygen atoms in total. The first-order valence-corrected chi connectivity index (χ1v) is 7.20. The smallest absolute Gasteiger partial charge is 0.338 e. The van der Waals surface area contributed by atoms with Crippen molar-refractivity contribution in [2.75, 3.05) is 5.32 Å². The molecule has 3 rings (SSSR count). The van der Waals surface area contributed by atoms with E-state index in [-0.39, 0.29) is 11.7 Å². The molecule has 0 aliphatic rings. The molecule has 0 bridgehead atoms. The highest BCUT2D eigenvalue weighted by Gasteiger charge is 2.38. The van der Waals surface area contributed by atoms with Gasteiger partial charge in [0.2, 0.25) is 0 Å². The average molecular weight is 320 g/mol. The van der Waals surface area contributed by atoms with Gasteiger partial charge >= 0.3 is 12.1 Å². The maximum absolute atomic E-state index is 12.4. The van der Waals surface area contributed by atoms with Crippen LogP contribution in [0.25, 0.3) is 21.8 Å². The third-order valence-corrected chi connectivity index (χ3v) is 3.74. The zero-order valence-electron chi connectivity index (χ0n) is 12.6. The zero-order valence-corrected chi connectivity index (χ0v) is 12.6. The standard InChI is InChI=1S/C17H15F3N2O/c1-10(2)22-14-6-4-3-5-12(14)13-9-11(7-8-15(13)22)21-16(23)17(18,19)20/h3-10H,1-2H3,(H,21,23). The van der Waals surface area contributed by atoms with E-state index >= 15 is 0 Å². The molecule has 1 aromatic heterocycles. The number of para-hydroxylation sites is 1. The first kappa shape index (κ1) is 15.4. The van der Waals surface area contributed by atoms with E-state index in [1.165, 1.54) is 6.07 Å². The number of carbonyl (C=O) groups excluding carboxylic acids is 1. The second kappa shape index (κ2) is 5.30. The highest BCUT2D eigenvalue weighted by atomic mass is 19.4. The largest absolute Gasteiger partial charge is 0.471 e. The van der Waals surface area contributed by atoms with E-state index in [0.29, 0.717) is 0 Å². The van der Waals surface area contributed by atoms with Crippen LogP contribution in [0.5, 0.6) is 0 Å². The van der Waals surface area contributed by atoms with Crippen molar-refractivity contribution in [1.82, 2.24) is 4.57 Å². The predicted molar refractivity (Wildman–Crippen MR) is 84.5 cm³/mol.